The number of halogens is 2. The minimum Gasteiger partial charge on any atom is -0.342 e. The Bertz CT molecular complexity index is 1200. The van der Waals surface area contributed by atoms with Crippen LogP contribution in [0.1, 0.15) is 51.4 Å². The molecule has 1 aromatic heterocycles. The molecule has 5 nitrogen and oxygen atoms in total. The van der Waals surface area contributed by atoms with E-state index in [2.05, 4.69) is 16.0 Å². The molecule has 0 spiro atoms. The van der Waals surface area contributed by atoms with Crippen molar-refractivity contribution in [3.05, 3.63) is 76.2 Å². The van der Waals surface area contributed by atoms with Crippen molar-refractivity contribution < 1.29 is 13.6 Å². The molecule has 7 heteroatoms. The summed E-state index contributed by atoms with van der Waals surface area (Å²) in [6.07, 6.45) is -0.470. The third kappa shape index (κ3) is 4.40. The summed E-state index contributed by atoms with van der Waals surface area (Å²) in [4.78, 5) is 22.2. The van der Waals surface area contributed by atoms with E-state index in [1.54, 1.807) is 36.1 Å². The summed E-state index contributed by atoms with van der Waals surface area (Å²) in [5.74, 6) is -2.17. The van der Waals surface area contributed by atoms with Crippen LogP contribution in [0.15, 0.2) is 42.5 Å². The maximum Gasteiger partial charge on any atom is 0.253 e. The zero-order valence-corrected chi connectivity index (χ0v) is 18.2. The van der Waals surface area contributed by atoms with Crippen molar-refractivity contribution in [2.24, 2.45) is 0 Å². The number of aromatic amines is 1. The zero-order chi connectivity index (χ0) is 23.0. The monoisotopic (exact) mass is 434 g/mol. The van der Waals surface area contributed by atoms with Gasteiger partial charge in [0.2, 0.25) is 0 Å². The number of benzene rings is 2. The fraction of sp³-hybridized carbons (Fsp3) is 0.320. The van der Waals surface area contributed by atoms with Crippen LogP contribution < -0.4 is 0 Å². The van der Waals surface area contributed by atoms with E-state index < -0.39 is 12.3 Å². The van der Waals surface area contributed by atoms with Crippen molar-refractivity contribution in [2.45, 2.75) is 39.0 Å². The van der Waals surface area contributed by atoms with Crippen LogP contribution in [0, 0.1) is 25.2 Å². The van der Waals surface area contributed by atoms with Crippen molar-refractivity contribution in [3.63, 3.8) is 0 Å². The molecule has 0 atom stereocenters. The number of nitrogens with zero attached hydrogens (tertiary/aromatic N) is 3. The van der Waals surface area contributed by atoms with Crippen LogP contribution in [0.3, 0.4) is 0 Å². The summed E-state index contributed by atoms with van der Waals surface area (Å²) in [6.45, 7) is 5.70. The highest BCUT2D eigenvalue weighted by atomic mass is 19.3. The minimum atomic E-state index is -2.88. The molecule has 0 saturated carbocycles. The Morgan fingerprint density at radius 2 is 1.91 bits per heavy atom. The number of H-pyrrole nitrogens is 1. The first kappa shape index (κ1) is 21.7. The van der Waals surface area contributed by atoms with Gasteiger partial charge in [-0.25, -0.2) is 13.8 Å². The Morgan fingerprint density at radius 3 is 2.53 bits per heavy atom. The number of nitrogens with one attached hydrogen (secondary N) is 1. The number of rotatable bonds is 5. The van der Waals surface area contributed by atoms with E-state index in [-0.39, 0.29) is 11.8 Å². The smallest absolute Gasteiger partial charge is 0.253 e. The van der Waals surface area contributed by atoms with Gasteiger partial charge in [-0.15, -0.1) is 0 Å². The van der Waals surface area contributed by atoms with Crippen molar-refractivity contribution >= 4 is 5.91 Å². The highest BCUT2D eigenvalue weighted by Gasteiger charge is 2.33. The van der Waals surface area contributed by atoms with Gasteiger partial charge < -0.3 is 9.88 Å². The van der Waals surface area contributed by atoms with Crippen LogP contribution >= 0.6 is 0 Å². The van der Waals surface area contributed by atoms with Crippen molar-refractivity contribution in [2.75, 3.05) is 13.1 Å². The van der Waals surface area contributed by atoms with E-state index >= 15 is 0 Å². The Hall–Kier alpha value is -3.53. The molecule has 2 heterocycles. The Kier molecular flexibility index (Phi) is 5.55. The van der Waals surface area contributed by atoms with Crippen LogP contribution in [0.2, 0.25) is 0 Å². The SMILES string of the molecule is Cc1nc(CC(C)(F)F)c(-c2cc(C(=O)N3CC(c4ccc(C#N)cc4)C3)ccc2C)[nH]1. The van der Waals surface area contributed by atoms with Gasteiger partial charge in [0.05, 0.1) is 29.4 Å². The number of amides is 1. The van der Waals surface area contributed by atoms with Crippen LogP contribution in [-0.4, -0.2) is 39.8 Å². The second-order valence-electron chi connectivity index (χ2n) is 8.56. The molecule has 0 radical (unpaired) electrons. The standard InChI is InChI=1S/C25H24F2N4O/c1-15-4-7-19(10-21(15)23-22(11-25(3,26)27)29-16(2)30-23)24(32)31-13-20(14-31)18-8-5-17(12-28)6-9-18/h4-10,20H,11,13-14H2,1-3H3,(H,29,30). The van der Waals surface area contributed by atoms with Gasteiger partial charge in [0.25, 0.3) is 11.8 Å². The molecular weight excluding hydrogens is 410 g/mol. The summed E-state index contributed by atoms with van der Waals surface area (Å²) >= 11 is 0. The maximum atomic E-state index is 13.7. The van der Waals surface area contributed by atoms with E-state index in [4.69, 9.17) is 5.26 Å². The molecule has 1 aliphatic heterocycles. The van der Waals surface area contributed by atoms with E-state index in [0.29, 0.717) is 47.0 Å². The van der Waals surface area contributed by atoms with Gasteiger partial charge in [-0.3, -0.25) is 4.79 Å². The molecule has 1 aliphatic rings. The van der Waals surface area contributed by atoms with E-state index in [1.165, 1.54) is 0 Å². The predicted octanol–water partition coefficient (Wildman–Crippen LogP) is 5.00. The summed E-state index contributed by atoms with van der Waals surface area (Å²) in [5.41, 5.74) is 4.66. The van der Waals surface area contributed by atoms with Crippen molar-refractivity contribution in [1.29, 1.82) is 5.26 Å². The lowest BCUT2D eigenvalue weighted by molar-refractivity contribution is 0.0218. The molecule has 164 valence electrons. The molecular formula is C25H24F2N4O. The molecule has 1 saturated heterocycles. The summed E-state index contributed by atoms with van der Waals surface area (Å²) in [7, 11) is 0. The second kappa shape index (κ2) is 8.19. The first-order valence-electron chi connectivity index (χ1n) is 10.5. The molecule has 1 fully saturated rings. The van der Waals surface area contributed by atoms with Gasteiger partial charge in [-0.05, 0) is 56.2 Å². The third-order valence-corrected chi connectivity index (χ3v) is 5.81. The van der Waals surface area contributed by atoms with Gasteiger partial charge in [-0.1, -0.05) is 18.2 Å². The number of alkyl halides is 2. The van der Waals surface area contributed by atoms with Gasteiger partial charge in [0.1, 0.15) is 5.82 Å². The van der Waals surface area contributed by atoms with Crippen molar-refractivity contribution in [1.82, 2.24) is 14.9 Å². The normalized spacial score (nSPS) is 14.2. The lowest BCUT2D eigenvalue weighted by Crippen LogP contribution is -2.48. The molecule has 1 amide bonds. The molecule has 1 N–H and O–H groups in total. The lowest BCUT2D eigenvalue weighted by Gasteiger charge is -2.39. The minimum absolute atomic E-state index is 0.0882. The molecule has 0 aliphatic carbocycles. The number of imidazole rings is 1. The van der Waals surface area contributed by atoms with Crippen molar-refractivity contribution in [3.8, 4) is 17.3 Å². The van der Waals surface area contributed by atoms with E-state index in [9.17, 15) is 13.6 Å². The highest BCUT2D eigenvalue weighted by molar-refractivity contribution is 5.96. The number of aryl methyl sites for hydroxylation is 2. The summed E-state index contributed by atoms with van der Waals surface area (Å²) in [6, 6.07) is 14.9. The maximum absolute atomic E-state index is 13.7. The summed E-state index contributed by atoms with van der Waals surface area (Å²) < 4.78 is 27.3. The van der Waals surface area contributed by atoms with Crippen LogP contribution in [0.4, 0.5) is 8.78 Å². The molecule has 2 aromatic carbocycles. The molecule has 0 unspecified atom stereocenters. The van der Waals surface area contributed by atoms with Crippen LogP contribution in [-0.2, 0) is 6.42 Å². The van der Waals surface area contributed by atoms with E-state index in [1.807, 2.05) is 25.1 Å². The largest absolute Gasteiger partial charge is 0.342 e. The Balaban J connectivity index is 1.54. The zero-order valence-electron chi connectivity index (χ0n) is 18.2. The Morgan fingerprint density at radius 1 is 1.22 bits per heavy atom. The van der Waals surface area contributed by atoms with Crippen LogP contribution in [0.25, 0.3) is 11.3 Å². The highest BCUT2D eigenvalue weighted by Crippen LogP contribution is 2.32. The van der Waals surface area contributed by atoms with Gasteiger partial charge in [-0.2, -0.15) is 5.26 Å². The number of aromatic nitrogens is 2. The first-order valence-corrected chi connectivity index (χ1v) is 10.5. The summed E-state index contributed by atoms with van der Waals surface area (Å²) in [5, 5.41) is 8.93. The number of nitriles is 1. The predicted molar refractivity (Wildman–Crippen MR) is 118 cm³/mol. The van der Waals surface area contributed by atoms with Crippen LogP contribution in [0.5, 0.6) is 0 Å². The Labute approximate surface area is 185 Å². The second-order valence-corrected chi connectivity index (χ2v) is 8.56. The molecule has 32 heavy (non-hydrogen) atoms. The average molecular weight is 434 g/mol. The fourth-order valence-corrected chi connectivity index (χ4v) is 4.08. The number of carbonyl (C=O) groups is 1. The van der Waals surface area contributed by atoms with Gasteiger partial charge >= 0.3 is 0 Å². The average Bonchev–Trinajstić information content (AvgIpc) is 3.05. The number of likely N-dealkylation sites (tertiary alicyclic amines) is 1. The topological polar surface area (TPSA) is 72.8 Å². The number of hydrogen-bond acceptors (Lipinski definition) is 3. The molecule has 4 rings (SSSR count). The number of carbonyl (C=O) groups excluding carboxylic acids is 1. The van der Waals surface area contributed by atoms with Gasteiger partial charge in [0.15, 0.2) is 0 Å². The van der Waals surface area contributed by atoms with Gasteiger partial charge in [0, 0.05) is 30.1 Å². The quantitative estimate of drug-likeness (QED) is 0.614. The molecule has 0 bridgehead atoms. The molecule has 3 aromatic rings. The first-order chi connectivity index (χ1) is 15.1. The third-order valence-electron chi connectivity index (χ3n) is 5.81. The fourth-order valence-electron chi connectivity index (χ4n) is 4.08. The lowest BCUT2D eigenvalue weighted by atomic mass is 9.90. The van der Waals surface area contributed by atoms with E-state index in [0.717, 1.165) is 18.1 Å². The number of hydrogen-bond donors (Lipinski definition) is 1.